The molecule has 0 aromatic carbocycles. The van der Waals surface area contributed by atoms with Gasteiger partial charge in [0.15, 0.2) is 0 Å². The molecule has 0 aromatic rings. The molecule has 0 aliphatic heterocycles. The van der Waals surface area contributed by atoms with Crippen LogP contribution in [0.4, 0.5) is 0 Å². The Labute approximate surface area is 191 Å². The SMILES string of the molecule is C[C@H](C/C=C/C(C)(C)O)[C@H]1CC[C@@]2(C)[C@@H]3CC[C@H]4[C@H](C)C(O)CC[C@@]45C[C@@]35CC[C@]12C. The summed E-state index contributed by atoms with van der Waals surface area (Å²) >= 11 is 0. The lowest BCUT2D eigenvalue weighted by Gasteiger charge is -2.62. The Morgan fingerprint density at radius 1 is 0.968 bits per heavy atom. The maximum Gasteiger partial charge on any atom is 0.0771 e. The maximum atomic E-state index is 10.6. The van der Waals surface area contributed by atoms with Crippen molar-refractivity contribution in [2.45, 2.75) is 117 Å². The third-order valence-electron chi connectivity index (χ3n) is 12.4. The molecule has 2 spiro atoms. The molecule has 0 heterocycles. The zero-order chi connectivity index (χ0) is 22.4. The average molecular weight is 429 g/mol. The van der Waals surface area contributed by atoms with Crippen LogP contribution in [-0.2, 0) is 0 Å². The van der Waals surface area contributed by atoms with Crippen LogP contribution in [0.3, 0.4) is 0 Å². The first-order chi connectivity index (χ1) is 14.4. The van der Waals surface area contributed by atoms with E-state index in [-0.39, 0.29) is 6.10 Å². The van der Waals surface area contributed by atoms with E-state index in [4.69, 9.17) is 0 Å². The number of fused-ring (bicyclic) bond motifs is 2. The minimum absolute atomic E-state index is 0.0528. The largest absolute Gasteiger partial charge is 0.393 e. The number of aliphatic hydroxyl groups excluding tert-OH is 1. The van der Waals surface area contributed by atoms with Crippen LogP contribution in [0, 0.1) is 51.2 Å². The number of hydrogen-bond acceptors (Lipinski definition) is 2. The summed E-state index contributed by atoms with van der Waals surface area (Å²) in [5, 5.41) is 20.6. The van der Waals surface area contributed by atoms with Crippen LogP contribution < -0.4 is 0 Å². The second-order valence-corrected chi connectivity index (χ2v) is 13.9. The van der Waals surface area contributed by atoms with E-state index in [1.54, 1.807) is 0 Å². The first kappa shape index (κ1) is 22.5. The van der Waals surface area contributed by atoms with Gasteiger partial charge >= 0.3 is 0 Å². The maximum absolute atomic E-state index is 10.6. The summed E-state index contributed by atoms with van der Waals surface area (Å²) in [5.41, 5.74) is 1.43. The van der Waals surface area contributed by atoms with Crippen LogP contribution in [0.1, 0.15) is 106 Å². The molecule has 5 saturated carbocycles. The van der Waals surface area contributed by atoms with Crippen molar-refractivity contribution in [2.24, 2.45) is 51.2 Å². The van der Waals surface area contributed by atoms with E-state index in [2.05, 4.69) is 33.8 Å². The van der Waals surface area contributed by atoms with Gasteiger partial charge in [-0.2, -0.15) is 0 Å². The molecule has 31 heavy (non-hydrogen) atoms. The molecule has 0 radical (unpaired) electrons. The lowest BCUT2D eigenvalue weighted by molar-refractivity contribution is -0.142. The summed E-state index contributed by atoms with van der Waals surface area (Å²) in [6.45, 7) is 13.9. The Morgan fingerprint density at radius 2 is 1.71 bits per heavy atom. The Balaban J connectivity index is 1.38. The summed E-state index contributed by atoms with van der Waals surface area (Å²) in [6, 6.07) is 0. The Bertz CT molecular complexity index is 750. The highest BCUT2D eigenvalue weighted by molar-refractivity contribution is 5.29. The molecule has 5 rings (SSSR count). The van der Waals surface area contributed by atoms with Gasteiger partial charge in [-0.3, -0.25) is 0 Å². The van der Waals surface area contributed by atoms with Gasteiger partial charge in [0.1, 0.15) is 0 Å². The second-order valence-electron chi connectivity index (χ2n) is 13.9. The molecular weight excluding hydrogens is 380 g/mol. The predicted molar refractivity (Wildman–Crippen MR) is 127 cm³/mol. The van der Waals surface area contributed by atoms with Gasteiger partial charge in [-0.25, -0.2) is 0 Å². The molecule has 10 atom stereocenters. The van der Waals surface area contributed by atoms with Crippen molar-refractivity contribution in [1.29, 1.82) is 0 Å². The molecule has 5 aliphatic carbocycles. The van der Waals surface area contributed by atoms with Crippen molar-refractivity contribution in [3.05, 3.63) is 12.2 Å². The summed E-state index contributed by atoms with van der Waals surface area (Å²) in [5.74, 6) is 3.69. The molecule has 0 amide bonds. The minimum atomic E-state index is -0.700. The fourth-order valence-corrected chi connectivity index (χ4v) is 10.7. The second kappa shape index (κ2) is 6.84. The van der Waals surface area contributed by atoms with Gasteiger partial charge in [-0.05, 0) is 129 Å². The van der Waals surface area contributed by atoms with E-state index >= 15 is 0 Å². The third kappa shape index (κ3) is 2.89. The Kier molecular flexibility index (Phi) is 4.96. The van der Waals surface area contributed by atoms with Crippen molar-refractivity contribution in [3.8, 4) is 0 Å². The molecule has 176 valence electrons. The minimum Gasteiger partial charge on any atom is -0.393 e. The van der Waals surface area contributed by atoms with Gasteiger partial charge in [0.2, 0.25) is 0 Å². The van der Waals surface area contributed by atoms with E-state index in [1.807, 2.05) is 19.9 Å². The van der Waals surface area contributed by atoms with E-state index in [0.717, 1.165) is 30.6 Å². The molecule has 2 N–H and O–H groups in total. The third-order valence-corrected chi connectivity index (χ3v) is 12.4. The zero-order valence-corrected chi connectivity index (χ0v) is 21.1. The van der Waals surface area contributed by atoms with Crippen LogP contribution in [0.15, 0.2) is 12.2 Å². The highest BCUT2D eigenvalue weighted by atomic mass is 16.3. The molecule has 5 fully saturated rings. The van der Waals surface area contributed by atoms with Gasteiger partial charge in [-0.1, -0.05) is 39.8 Å². The number of hydrogen-bond donors (Lipinski definition) is 2. The molecule has 2 heteroatoms. The number of rotatable bonds is 4. The van der Waals surface area contributed by atoms with Gasteiger partial charge < -0.3 is 10.2 Å². The van der Waals surface area contributed by atoms with Gasteiger partial charge in [0.05, 0.1) is 11.7 Å². The smallest absolute Gasteiger partial charge is 0.0771 e. The molecule has 0 bridgehead atoms. The van der Waals surface area contributed by atoms with Gasteiger partial charge in [-0.15, -0.1) is 0 Å². The van der Waals surface area contributed by atoms with Crippen LogP contribution >= 0.6 is 0 Å². The predicted octanol–water partition coefficient (Wildman–Crippen LogP) is 6.75. The van der Waals surface area contributed by atoms with Gasteiger partial charge in [0.25, 0.3) is 0 Å². The van der Waals surface area contributed by atoms with Crippen LogP contribution in [0.5, 0.6) is 0 Å². The fraction of sp³-hybridized carbons (Fsp3) is 0.931. The van der Waals surface area contributed by atoms with Crippen molar-refractivity contribution in [3.63, 3.8) is 0 Å². The quantitative estimate of drug-likeness (QED) is 0.486. The van der Waals surface area contributed by atoms with Crippen LogP contribution in [0.2, 0.25) is 0 Å². The van der Waals surface area contributed by atoms with Gasteiger partial charge in [0, 0.05) is 0 Å². The van der Waals surface area contributed by atoms with Crippen molar-refractivity contribution < 1.29 is 10.2 Å². The van der Waals surface area contributed by atoms with E-state index in [1.165, 1.54) is 51.4 Å². The van der Waals surface area contributed by atoms with Crippen LogP contribution in [-0.4, -0.2) is 21.9 Å². The Hall–Kier alpha value is -0.340. The van der Waals surface area contributed by atoms with Crippen molar-refractivity contribution >= 4 is 0 Å². The topological polar surface area (TPSA) is 40.5 Å². The normalized spacial score (nSPS) is 54.6. The molecule has 0 saturated heterocycles. The molecule has 1 unspecified atom stereocenters. The molecule has 0 aromatic heterocycles. The first-order valence-corrected chi connectivity index (χ1v) is 13.5. The highest BCUT2D eigenvalue weighted by Gasteiger charge is 2.81. The summed E-state index contributed by atoms with van der Waals surface area (Å²) in [4.78, 5) is 0. The monoisotopic (exact) mass is 428 g/mol. The first-order valence-electron chi connectivity index (χ1n) is 13.5. The lowest BCUT2D eigenvalue weighted by atomic mass is 9.43. The highest BCUT2D eigenvalue weighted by Crippen LogP contribution is 2.88. The molecule has 2 nitrogen and oxygen atoms in total. The number of allylic oxidation sites excluding steroid dienone is 1. The zero-order valence-electron chi connectivity index (χ0n) is 21.1. The molecular formula is C29H48O2. The number of aliphatic hydroxyl groups is 2. The van der Waals surface area contributed by atoms with E-state index in [0.29, 0.717) is 33.5 Å². The Morgan fingerprint density at radius 3 is 2.42 bits per heavy atom. The lowest BCUT2D eigenvalue weighted by Crippen LogP contribution is -2.55. The van der Waals surface area contributed by atoms with Crippen molar-refractivity contribution in [2.75, 3.05) is 0 Å². The van der Waals surface area contributed by atoms with Crippen LogP contribution in [0.25, 0.3) is 0 Å². The summed E-state index contributed by atoms with van der Waals surface area (Å²) in [6.07, 6.45) is 17.5. The van der Waals surface area contributed by atoms with E-state index < -0.39 is 5.60 Å². The van der Waals surface area contributed by atoms with E-state index in [9.17, 15) is 10.2 Å². The standard InChI is InChI=1S/C29H48O2/c1-19(8-7-13-25(3,4)31)21-11-14-27(6)24-10-9-22-20(2)23(30)12-15-28(22)18-29(24,28)17-16-26(21,27)5/h7,13,19-24,30-31H,8-12,14-18H2,1-6H3/b13-7+/t19-,20+,21-,22+,23?,24+,26-,27+,28-,29+/m1/s1. The summed E-state index contributed by atoms with van der Waals surface area (Å²) < 4.78 is 0. The van der Waals surface area contributed by atoms with Crippen molar-refractivity contribution in [1.82, 2.24) is 0 Å². The average Bonchev–Trinajstić information content (AvgIpc) is 3.27. The molecule has 5 aliphatic rings. The fourth-order valence-electron chi connectivity index (χ4n) is 10.7. The summed E-state index contributed by atoms with van der Waals surface area (Å²) in [7, 11) is 0.